The van der Waals surface area contributed by atoms with E-state index in [2.05, 4.69) is 12.2 Å². The van der Waals surface area contributed by atoms with Crippen LogP contribution in [-0.2, 0) is 11.3 Å². The van der Waals surface area contributed by atoms with Crippen LogP contribution in [0.5, 0.6) is 5.75 Å². The average Bonchev–Trinajstić information content (AvgIpc) is 3.01. The van der Waals surface area contributed by atoms with E-state index >= 15 is 0 Å². The van der Waals surface area contributed by atoms with E-state index in [0.29, 0.717) is 28.5 Å². The Labute approximate surface area is 184 Å². The predicted molar refractivity (Wildman–Crippen MR) is 125 cm³/mol. The fourth-order valence-corrected chi connectivity index (χ4v) is 5.11. The third-order valence-corrected chi connectivity index (χ3v) is 7.20. The largest absolute Gasteiger partial charge is 0.495 e. The maximum Gasteiger partial charge on any atom is 0.263 e. The Morgan fingerprint density at radius 3 is 2.77 bits per heavy atom. The van der Waals surface area contributed by atoms with Gasteiger partial charge in [-0.05, 0) is 44.9 Å². The molecule has 3 aromatic rings. The van der Waals surface area contributed by atoms with Crippen molar-refractivity contribution in [3.8, 4) is 5.75 Å². The average molecular weight is 446 g/mol. The third kappa shape index (κ3) is 4.54. The number of amides is 1. The first-order chi connectivity index (χ1) is 14.4. The van der Waals surface area contributed by atoms with E-state index in [1.807, 2.05) is 32.9 Å². The smallest absolute Gasteiger partial charge is 0.263 e. The van der Waals surface area contributed by atoms with Crippen LogP contribution in [0.25, 0.3) is 10.2 Å². The van der Waals surface area contributed by atoms with E-state index in [1.54, 1.807) is 23.8 Å². The minimum Gasteiger partial charge on any atom is -0.495 e. The highest BCUT2D eigenvalue weighted by molar-refractivity contribution is 8.00. The molecule has 1 atom stereocenters. The van der Waals surface area contributed by atoms with E-state index in [9.17, 15) is 9.59 Å². The zero-order valence-corrected chi connectivity index (χ0v) is 19.6. The number of nitrogens with one attached hydrogen (secondary N) is 1. The summed E-state index contributed by atoms with van der Waals surface area (Å²) >= 11 is 2.84. The predicted octanol–water partition coefficient (Wildman–Crippen LogP) is 5.00. The highest BCUT2D eigenvalue weighted by atomic mass is 32.2. The normalized spacial score (nSPS) is 12.2. The van der Waals surface area contributed by atoms with E-state index < -0.39 is 5.25 Å². The van der Waals surface area contributed by atoms with Gasteiger partial charge in [-0.3, -0.25) is 14.2 Å². The summed E-state index contributed by atoms with van der Waals surface area (Å²) in [7, 11) is 1.57. The number of fused-ring (bicyclic) bond motifs is 1. The summed E-state index contributed by atoms with van der Waals surface area (Å²) in [5.74, 6) is 0.436. The minimum atomic E-state index is -0.436. The quantitative estimate of drug-likeness (QED) is 0.390. The number of nitrogens with zero attached hydrogens (tertiary/aromatic N) is 2. The van der Waals surface area contributed by atoms with Gasteiger partial charge in [0.05, 0.1) is 23.4 Å². The van der Waals surface area contributed by atoms with Crippen molar-refractivity contribution in [1.82, 2.24) is 9.55 Å². The number of thiophene rings is 1. The SMILES string of the molecule is CCCCn1c(SC(C)C(=O)Nc2ccccc2OC)nc2sc(C)c(C)c2c1=O. The van der Waals surface area contributed by atoms with Crippen molar-refractivity contribution in [2.75, 3.05) is 12.4 Å². The fourth-order valence-electron chi connectivity index (χ4n) is 3.11. The zero-order valence-electron chi connectivity index (χ0n) is 17.9. The molecule has 1 aromatic carbocycles. The molecule has 30 heavy (non-hydrogen) atoms. The molecule has 8 heteroatoms. The van der Waals surface area contributed by atoms with Gasteiger partial charge in [-0.15, -0.1) is 11.3 Å². The van der Waals surface area contributed by atoms with Gasteiger partial charge in [0.25, 0.3) is 5.56 Å². The van der Waals surface area contributed by atoms with Crippen LogP contribution < -0.4 is 15.6 Å². The number of hydrogen-bond donors (Lipinski definition) is 1. The maximum absolute atomic E-state index is 13.2. The minimum absolute atomic E-state index is 0.0184. The highest BCUT2D eigenvalue weighted by Gasteiger charge is 2.22. The van der Waals surface area contributed by atoms with Crippen LogP contribution in [0.1, 0.15) is 37.1 Å². The number of aryl methyl sites for hydroxylation is 2. The number of carbonyl (C=O) groups excluding carboxylic acids is 1. The number of thioether (sulfide) groups is 1. The number of hydrogen-bond acceptors (Lipinski definition) is 6. The number of rotatable bonds is 8. The van der Waals surface area contributed by atoms with Crippen molar-refractivity contribution in [3.05, 3.63) is 45.1 Å². The molecule has 3 rings (SSSR count). The van der Waals surface area contributed by atoms with Crippen LogP contribution in [0.2, 0.25) is 0 Å². The summed E-state index contributed by atoms with van der Waals surface area (Å²) in [6, 6.07) is 7.29. The lowest BCUT2D eigenvalue weighted by Gasteiger charge is -2.16. The lowest BCUT2D eigenvalue weighted by molar-refractivity contribution is -0.115. The molecular formula is C22H27N3O3S2. The Kier molecular flexibility index (Phi) is 7.20. The number of aromatic nitrogens is 2. The second-order valence-corrected chi connectivity index (χ2v) is 9.63. The first kappa shape index (κ1) is 22.4. The van der Waals surface area contributed by atoms with Crippen LogP contribution in [0.3, 0.4) is 0 Å². The van der Waals surface area contributed by atoms with Crippen LogP contribution in [0.15, 0.2) is 34.2 Å². The van der Waals surface area contributed by atoms with E-state index in [0.717, 1.165) is 28.1 Å². The van der Waals surface area contributed by atoms with Gasteiger partial charge in [-0.1, -0.05) is 37.2 Å². The van der Waals surface area contributed by atoms with Gasteiger partial charge in [0.15, 0.2) is 5.16 Å². The number of methoxy groups -OCH3 is 1. The lowest BCUT2D eigenvalue weighted by atomic mass is 10.2. The Bertz CT molecular complexity index is 1120. The highest BCUT2D eigenvalue weighted by Crippen LogP contribution is 2.31. The molecular weight excluding hydrogens is 418 g/mol. The Hall–Kier alpha value is -2.32. The second kappa shape index (κ2) is 9.66. The summed E-state index contributed by atoms with van der Waals surface area (Å²) in [4.78, 5) is 32.6. The molecule has 0 aliphatic rings. The molecule has 0 bridgehead atoms. The van der Waals surface area contributed by atoms with Gasteiger partial charge >= 0.3 is 0 Å². The monoisotopic (exact) mass is 445 g/mol. The van der Waals surface area contributed by atoms with E-state index in [4.69, 9.17) is 9.72 Å². The van der Waals surface area contributed by atoms with Gasteiger partial charge in [-0.25, -0.2) is 4.98 Å². The van der Waals surface area contributed by atoms with Gasteiger partial charge < -0.3 is 10.1 Å². The van der Waals surface area contributed by atoms with Gasteiger partial charge in [0.2, 0.25) is 5.91 Å². The van der Waals surface area contributed by atoms with Crippen LogP contribution >= 0.6 is 23.1 Å². The molecule has 0 radical (unpaired) electrons. The van der Waals surface area contributed by atoms with Crippen molar-refractivity contribution in [1.29, 1.82) is 0 Å². The molecule has 0 spiro atoms. The zero-order chi connectivity index (χ0) is 21.8. The van der Waals surface area contributed by atoms with Crippen LogP contribution in [0.4, 0.5) is 5.69 Å². The summed E-state index contributed by atoms with van der Waals surface area (Å²) in [6.45, 7) is 8.48. The lowest BCUT2D eigenvalue weighted by Crippen LogP contribution is -2.27. The van der Waals surface area contributed by atoms with Gasteiger partial charge in [0.1, 0.15) is 10.6 Å². The standard InChI is InChI=1S/C22H27N3O3S2/c1-6-7-12-25-21(27)18-13(2)14(3)29-20(18)24-22(25)30-15(4)19(26)23-16-10-8-9-11-17(16)28-5/h8-11,15H,6-7,12H2,1-5H3,(H,23,26). The summed E-state index contributed by atoms with van der Waals surface area (Å²) in [5.41, 5.74) is 1.60. The van der Waals surface area contributed by atoms with Crippen molar-refractivity contribution < 1.29 is 9.53 Å². The van der Waals surface area contributed by atoms with Crippen molar-refractivity contribution in [2.24, 2.45) is 0 Å². The molecule has 1 N–H and O–H groups in total. The molecule has 0 saturated carbocycles. The Morgan fingerprint density at radius 1 is 1.33 bits per heavy atom. The third-order valence-electron chi connectivity index (χ3n) is 5.01. The van der Waals surface area contributed by atoms with Gasteiger partial charge in [-0.2, -0.15) is 0 Å². The molecule has 1 unspecified atom stereocenters. The van der Waals surface area contributed by atoms with Crippen LogP contribution in [-0.4, -0.2) is 27.8 Å². The molecule has 0 saturated heterocycles. The van der Waals surface area contributed by atoms with Gasteiger partial charge in [0, 0.05) is 11.4 Å². The molecule has 160 valence electrons. The number of ether oxygens (including phenoxy) is 1. The fraction of sp³-hybridized carbons (Fsp3) is 0.409. The summed E-state index contributed by atoms with van der Waals surface area (Å²) < 4.78 is 7.03. The molecule has 2 aromatic heterocycles. The molecule has 1 amide bonds. The maximum atomic E-state index is 13.2. The Balaban J connectivity index is 1.91. The van der Waals surface area contributed by atoms with Crippen molar-refractivity contribution in [3.63, 3.8) is 0 Å². The van der Waals surface area contributed by atoms with Crippen LogP contribution in [0, 0.1) is 13.8 Å². The van der Waals surface area contributed by atoms with Crippen molar-refractivity contribution >= 4 is 44.9 Å². The number of anilines is 1. The first-order valence-electron chi connectivity index (χ1n) is 9.98. The Morgan fingerprint density at radius 2 is 2.07 bits per heavy atom. The number of unbranched alkanes of at least 4 members (excludes halogenated alkanes) is 1. The molecule has 0 fully saturated rings. The number of benzene rings is 1. The number of carbonyl (C=O) groups is 1. The molecule has 0 aliphatic heterocycles. The van der Waals surface area contributed by atoms with E-state index in [-0.39, 0.29) is 11.5 Å². The molecule has 0 aliphatic carbocycles. The molecule has 6 nitrogen and oxygen atoms in total. The molecule has 2 heterocycles. The summed E-state index contributed by atoms with van der Waals surface area (Å²) in [5, 5.41) is 3.76. The van der Waals surface area contributed by atoms with E-state index in [1.165, 1.54) is 23.1 Å². The topological polar surface area (TPSA) is 73.2 Å². The summed E-state index contributed by atoms with van der Waals surface area (Å²) in [6.07, 6.45) is 1.85. The second-order valence-electron chi connectivity index (χ2n) is 7.12. The first-order valence-corrected chi connectivity index (χ1v) is 11.7. The number of para-hydroxylation sites is 2. The van der Waals surface area contributed by atoms with Crippen molar-refractivity contribution in [2.45, 2.75) is 57.5 Å².